The third kappa shape index (κ3) is 6.92. The van der Waals surface area contributed by atoms with Gasteiger partial charge in [0.1, 0.15) is 18.2 Å². The third-order valence-corrected chi connectivity index (χ3v) is 4.75. The van der Waals surface area contributed by atoms with Crippen LogP contribution in [0.2, 0.25) is 5.02 Å². The molecule has 164 valence electrons. The van der Waals surface area contributed by atoms with Crippen LogP contribution in [0.15, 0.2) is 77.9 Å². The van der Waals surface area contributed by atoms with Crippen LogP contribution in [0.4, 0.5) is 10.1 Å². The molecule has 8 heteroatoms. The zero-order chi connectivity index (χ0) is 22.8. The minimum atomic E-state index is -0.537. The number of carbonyl (C=O) groups is 2. The Balaban J connectivity index is 1.48. The van der Waals surface area contributed by atoms with Gasteiger partial charge in [0.2, 0.25) is 11.8 Å². The number of benzene rings is 3. The van der Waals surface area contributed by atoms with Gasteiger partial charge in [0.05, 0.1) is 11.9 Å². The van der Waals surface area contributed by atoms with E-state index in [9.17, 15) is 14.0 Å². The highest BCUT2D eigenvalue weighted by Crippen LogP contribution is 2.21. The Bertz CT molecular complexity index is 1120. The van der Waals surface area contributed by atoms with Gasteiger partial charge in [0.25, 0.3) is 0 Å². The molecule has 3 rings (SSSR count). The second-order valence-electron chi connectivity index (χ2n) is 6.74. The van der Waals surface area contributed by atoms with Gasteiger partial charge >= 0.3 is 0 Å². The van der Waals surface area contributed by atoms with Crippen LogP contribution >= 0.6 is 11.6 Å². The zero-order valence-electron chi connectivity index (χ0n) is 17.1. The van der Waals surface area contributed by atoms with E-state index in [1.807, 2.05) is 30.3 Å². The summed E-state index contributed by atoms with van der Waals surface area (Å²) in [7, 11) is 0. The van der Waals surface area contributed by atoms with Crippen molar-refractivity contribution in [2.75, 3.05) is 5.32 Å². The average Bonchev–Trinajstić information content (AvgIpc) is 2.79. The molecule has 0 bridgehead atoms. The molecule has 2 amide bonds. The predicted molar refractivity (Wildman–Crippen MR) is 122 cm³/mol. The summed E-state index contributed by atoms with van der Waals surface area (Å²) in [5.41, 5.74) is 3.96. The number of hydrogen-bond donors (Lipinski definition) is 2. The van der Waals surface area contributed by atoms with E-state index in [1.54, 1.807) is 24.3 Å². The van der Waals surface area contributed by atoms with Crippen LogP contribution in [0.1, 0.15) is 24.0 Å². The quantitative estimate of drug-likeness (QED) is 0.356. The van der Waals surface area contributed by atoms with Crippen molar-refractivity contribution in [3.8, 4) is 5.75 Å². The van der Waals surface area contributed by atoms with Crippen LogP contribution in [0.3, 0.4) is 0 Å². The topological polar surface area (TPSA) is 79.8 Å². The highest BCUT2D eigenvalue weighted by atomic mass is 35.5. The second kappa shape index (κ2) is 11.6. The van der Waals surface area contributed by atoms with E-state index in [1.165, 1.54) is 24.4 Å². The fourth-order valence-corrected chi connectivity index (χ4v) is 2.91. The number of hydrogen-bond acceptors (Lipinski definition) is 4. The Morgan fingerprint density at radius 3 is 2.44 bits per heavy atom. The third-order valence-electron chi connectivity index (χ3n) is 4.38. The van der Waals surface area contributed by atoms with Crippen molar-refractivity contribution in [2.45, 2.75) is 19.4 Å². The van der Waals surface area contributed by atoms with E-state index in [-0.39, 0.29) is 25.1 Å². The zero-order valence-corrected chi connectivity index (χ0v) is 17.8. The highest BCUT2D eigenvalue weighted by Gasteiger charge is 2.09. The van der Waals surface area contributed by atoms with Gasteiger partial charge < -0.3 is 10.1 Å². The summed E-state index contributed by atoms with van der Waals surface area (Å²) in [6, 6.07) is 20.4. The lowest BCUT2D eigenvalue weighted by molar-refractivity contribution is -0.124. The van der Waals surface area contributed by atoms with Crippen LogP contribution in [0, 0.1) is 5.82 Å². The number of anilines is 1. The van der Waals surface area contributed by atoms with E-state index < -0.39 is 17.6 Å². The fourth-order valence-electron chi connectivity index (χ4n) is 2.72. The van der Waals surface area contributed by atoms with Crippen molar-refractivity contribution in [3.63, 3.8) is 0 Å². The Labute approximate surface area is 190 Å². The summed E-state index contributed by atoms with van der Waals surface area (Å²) in [6.07, 6.45) is 1.26. The average molecular weight is 454 g/mol. The lowest BCUT2D eigenvalue weighted by Crippen LogP contribution is -2.21. The van der Waals surface area contributed by atoms with Gasteiger partial charge in [-0.25, -0.2) is 9.82 Å². The Morgan fingerprint density at radius 1 is 0.938 bits per heavy atom. The molecular formula is C24H21ClFN3O3. The number of ether oxygens (including phenoxy) is 1. The molecule has 0 unspecified atom stereocenters. The number of carbonyl (C=O) groups excluding carboxylic acids is 2. The molecule has 2 N–H and O–H groups in total. The maximum absolute atomic E-state index is 13.6. The first-order valence-corrected chi connectivity index (χ1v) is 10.2. The summed E-state index contributed by atoms with van der Waals surface area (Å²) in [5.74, 6) is -0.869. The molecule has 0 saturated heterocycles. The molecule has 32 heavy (non-hydrogen) atoms. The number of para-hydroxylation sites is 2. The van der Waals surface area contributed by atoms with Gasteiger partial charge in [-0.1, -0.05) is 54.1 Å². The van der Waals surface area contributed by atoms with Crippen LogP contribution in [-0.4, -0.2) is 18.0 Å². The summed E-state index contributed by atoms with van der Waals surface area (Å²) in [6.45, 7) is 0.286. The number of hydrazone groups is 1. The molecule has 0 spiro atoms. The first-order chi connectivity index (χ1) is 15.5. The van der Waals surface area contributed by atoms with Gasteiger partial charge in [-0.05, 0) is 30.3 Å². The highest BCUT2D eigenvalue weighted by molar-refractivity contribution is 6.31. The molecule has 0 saturated carbocycles. The van der Waals surface area contributed by atoms with Gasteiger partial charge in [0.15, 0.2) is 0 Å². The normalized spacial score (nSPS) is 10.7. The number of nitrogens with zero attached hydrogens (tertiary/aromatic N) is 1. The minimum Gasteiger partial charge on any atom is -0.488 e. The molecule has 0 fully saturated rings. The maximum atomic E-state index is 13.6. The predicted octanol–water partition coefficient (Wildman–Crippen LogP) is 4.93. The Hall–Kier alpha value is -3.71. The minimum absolute atomic E-state index is 0.0735. The van der Waals surface area contributed by atoms with Gasteiger partial charge in [-0.15, -0.1) is 0 Å². The van der Waals surface area contributed by atoms with Crippen molar-refractivity contribution >= 4 is 35.3 Å². The summed E-state index contributed by atoms with van der Waals surface area (Å²) in [4.78, 5) is 23.9. The largest absolute Gasteiger partial charge is 0.488 e. The van der Waals surface area contributed by atoms with Crippen molar-refractivity contribution in [2.24, 2.45) is 5.10 Å². The smallest absolute Gasteiger partial charge is 0.240 e. The number of rotatable bonds is 9. The SMILES string of the molecule is O=C(CCC(=O)Nc1ccccc1F)NN=Cc1ccccc1OCc1ccccc1Cl. The monoisotopic (exact) mass is 453 g/mol. The second-order valence-corrected chi connectivity index (χ2v) is 7.15. The Kier molecular flexibility index (Phi) is 8.34. The van der Waals surface area contributed by atoms with Crippen molar-refractivity contribution in [1.82, 2.24) is 5.43 Å². The molecule has 0 aliphatic carbocycles. The van der Waals surface area contributed by atoms with Crippen LogP contribution in [-0.2, 0) is 16.2 Å². The fraction of sp³-hybridized carbons (Fsp3) is 0.125. The molecule has 6 nitrogen and oxygen atoms in total. The van der Waals surface area contributed by atoms with E-state index >= 15 is 0 Å². The number of nitrogens with one attached hydrogen (secondary N) is 2. The van der Waals surface area contributed by atoms with E-state index in [0.717, 1.165) is 5.56 Å². The molecule has 0 aliphatic rings. The first-order valence-electron chi connectivity index (χ1n) is 9.84. The molecule has 3 aromatic rings. The van der Waals surface area contributed by atoms with E-state index in [4.69, 9.17) is 16.3 Å². The molecule has 0 aromatic heterocycles. The van der Waals surface area contributed by atoms with Gasteiger partial charge in [0, 0.05) is 29.0 Å². The molecular weight excluding hydrogens is 433 g/mol. The Morgan fingerprint density at radius 2 is 1.62 bits per heavy atom. The molecule has 0 aliphatic heterocycles. The van der Waals surface area contributed by atoms with Crippen LogP contribution in [0.25, 0.3) is 0 Å². The van der Waals surface area contributed by atoms with Gasteiger partial charge in [-0.2, -0.15) is 5.10 Å². The maximum Gasteiger partial charge on any atom is 0.240 e. The first kappa shape index (κ1) is 23.0. The van der Waals surface area contributed by atoms with Crippen LogP contribution in [0.5, 0.6) is 5.75 Å². The van der Waals surface area contributed by atoms with Gasteiger partial charge in [-0.3, -0.25) is 9.59 Å². The number of amides is 2. The lowest BCUT2D eigenvalue weighted by atomic mass is 10.2. The summed E-state index contributed by atoms with van der Waals surface area (Å²) < 4.78 is 19.4. The van der Waals surface area contributed by atoms with Crippen LogP contribution < -0.4 is 15.5 Å². The lowest BCUT2D eigenvalue weighted by Gasteiger charge is -2.10. The molecule has 3 aromatic carbocycles. The van der Waals surface area contributed by atoms with Crippen molar-refractivity contribution in [1.29, 1.82) is 0 Å². The molecule has 0 radical (unpaired) electrons. The van der Waals surface area contributed by atoms with Crippen molar-refractivity contribution < 1.29 is 18.7 Å². The molecule has 0 atom stereocenters. The number of halogens is 2. The standard InChI is InChI=1S/C24H21ClFN3O3/c25-19-9-3-1-8-18(19)16-32-22-12-6-2-7-17(22)15-27-29-24(31)14-13-23(30)28-21-11-5-4-10-20(21)26/h1-12,15H,13-14,16H2,(H,28,30)(H,29,31). The van der Waals surface area contributed by atoms with E-state index in [2.05, 4.69) is 15.8 Å². The molecule has 0 heterocycles. The van der Waals surface area contributed by atoms with Crippen molar-refractivity contribution in [3.05, 3.63) is 94.8 Å². The summed E-state index contributed by atoms with van der Waals surface area (Å²) >= 11 is 6.15. The van der Waals surface area contributed by atoms with E-state index in [0.29, 0.717) is 16.3 Å². The summed E-state index contributed by atoms with van der Waals surface area (Å²) in [5, 5.41) is 6.97.